The molecule has 140 valence electrons. The number of nitrogens with zero attached hydrogens (tertiary/aromatic N) is 2. The number of hydrogen-bond acceptors (Lipinski definition) is 7. The lowest BCUT2D eigenvalue weighted by atomic mass is 10.2. The molecule has 1 aromatic carbocycles. The molecule has 0 atom stereocenters. The van der Waals surface area contributed by atoms with Crippen LogP contribution in [0.4, 0.5) is 5.13 Å². The quantitative estimate of drug-likeness (QED) is 0.608. The Kier molecular flexibility index (Phi) is 6.31. The molecule has 0 unspecified atom stereocenters. The number of rotatable bonds is 7. The first-order valence-electron chi connectivity index (χ1n) is 8.46. The number of thiazole rings is 2. The number of aryl methyl sites for hydroxylation is 1. The lowest BCUT2D eigenvalue weighted by Crippen LogP contribution is -2.12. The Labute approximate surface area is 165 Å². The number of carbonyl (C=O) groups is 2. The number of amides is 1. The van der Waals surface area contributed by atoms with E-state index in [1.807, 2.05) is 37.3 Å². The Morgan fingerprint density at radius 2 is 1.96 bits per heavy atom. The zero-order valence-electron chi connectivity index (χ0n) is 15.0. The van der Waals surface area contributed by atoms with Crippen molar-refractivity contribution in [3.63, 3.8) is 0 Å². The molecule has 3 rings (SSSR count). The van der Waals surface area contributed by atoms with Crippen LogP contribution < -0.4 is 5.32 Å². The van der Waals surface area contributed by atoms with Crippen LogP contribution in [-0.4, -0.2) is 28.5 Å². The molecule has 27 heavy (non-hydrogen) atoms. The number of hydrogen-bond donors (Lipinski definition) is 1. The van der Waals surface area contributed by atoms with E-state index in [-0.39, 0.29) is 18.3 Å². The maximum atomic E-state index is 12.6. The monoisotopic (exact) mass is 401 g/mol. The summed E-state index contributed by atoms with van der Waals surface area (Å²) in [6, 6.07) is 10.0. The Balaban J connectivity index is 1.64. The molecule has 0 bridgehead atoms. The van der Waals surface area contributed by atoms with Crippen LogP contribution in [0.2, 0.25) is 0 Å². The van der Waals surface area contributed by atoms with E-state index in [1.165, 1.54) is 22.7 Å². The molecular weight excluding hydrogens is 382 g/mol. The zero-order valence-corrected chi connectivity index (χ0v) is 16.7. The van der Waals surface area contributed by atoms with Crippen molar-refractivity contribution in [3.8, 4) is 0 Å². The molecule has 0 aliphatic carbocycles. The lowest BCUT2D eigenvalue weighted by molar-refractivity contribution is -0.142. The molecule has 0 aliphatic heterocycles. The third kappa shape index (κ3) is 5.21. The SMILES string of the molecule is CCOC(=O)Cc1csc(NC(=O)c2sc(Cc3ccccc3)nc2C)n1. The van der Waals surface area contributed by atoms with Gasteiger partial charge in [-0.25, -0.2) is 9.97 Å². The molecule has 3 aromatic rings. The fraction of sp³-hybridized carbons (Fsp3) is 0.263. The highest BCUT2D eigenvalue weighted by Crippen LogP contribution is 2.23. The third-order valence-corrected chi connectivity index (χ3v) is 5.61. The van der Waals surface area contributed by atoms with Crippen LogP contribution in [0.25, 0.3) is 0 Å². The maximum Gasteiger partial charge on any atom is 0.311 e. The van der Waals surface area contributed by atoms with Gasteiger partial charge in [0.1, 0.15) is 4.88 Å². The number of ether oxygens (including phenoxy) is 1. The van der Waals surface area contributed by atoms with Crippen LogP contribution in [0.3, 0.4) is 0 Å². The second kappa shape index (κ2) is 8.88. The summed E-state index contributed by atoms with van der Waals surface area (Å²) < 4.78 is 4.90. The van der Waals surface area contributed by atoms with E-state index in [0.717, 1.165) is 10.6 Å². The van der Waals surface area contributed by atoms with E-state index < -0.39 is 0 Å². The van der Waals surface area contributed by atoms with Crippen molar-refractivity contribution in [2.75, 3.05) is 11.9 Å². The molecule has 0 radical (unpaired) electrons. The summed E-state index contributed by atoms with van der Waals surface area (Å²) in [4.78, 5) is 33.4. The van der Waals surface area contributed by atoms with E-state index in [4.69, 9.17) is 4.74 Å². The zero-order chi connectivity index (χ0) is 19.2. The molecular formula is C19H19N3O3S2. The van der Waals surface area contributed by atoms with E-state index in [9.17, 15) is 9.59 Å². The van der Waals surface area contributed by atoms with Crippen LogP contribution in [-0.2, 0) is 22.4 Å². The standard InChI is InChI=1S/C19H19N3O3S2/c1-3-25-16(23)10-14-11-26-19(21-14)22-18(24)17-12(2)20-15(27-17)9-13-7-5-4-6-8-13/h4-8,11H,3,9-10H2,1-2H3,(H,21,22,24). The number of benzene rings is 1. The summed E-state index contributed by atoms with van der Waals surface area (Å²) in [6.45, 7) is 3.92. The second-order valence-corrected chi connectivity index (χ2v) is 7.71. The highest BCUT2D eigenvalue weighted by molar-refractivity contribution is 7.15. The van der Waals surface area contributed by atoms with Crippen molar-refractivity contribution in [2.24, 2.45) is 0 Å². The van der Waals surface area contributed by atoms with Crippen LogP contribution >= 0.6 is 22.7 Å². The highest BCUT2D eigenvalue weighted by Gasteiger charge is 2.17. The topological polar surface area (TPSA) is 81.2 Å². The average Bonchev–Trinajstić information content (AvgIpc) is 3.22. The molecule has 2 heterocycles. The van der Waals surface area contributed by atoms with Crippen molar-refractivity contribution in [2.45, 2.75) is 26.7 Å². The Bertz CT molecular complexity index is 935. The van der Waals surface area contributed by atoms with Gasteiger partial charge in [0, 0.05) is 11.8 Å². The van der Waals surface area contributed by atoms with Crippen molar-refractivity contribution in [1.82, 2.24) is 9.97 Å². The maximum absolute atomic E-state index is 12.6. The molecule has 6 nitrogen and oxygen atoms in total. The van der Waals surface area contributed by atoms with Gasteiger partial charge >= 0.3 is 5.97 Å². The minimum absolute atomic E-state index is 0.0982. The molecule has 8 heteroatoms. The minimum Gasteiger partial charge on any atom is -0.466 e. The number of nitrogens with one attached hydrogen (secondary N) is 1. The summed E-state index contributed by atoms with van der Waals surface area (Å²) in [6.07, 6.45) is 0.793. The van der Waals surface area contributed by atoms with Gasteiger partial charge < -0.3 is 4.74 Å². The van der Waals surface area contributed by atoms with E-state index >= 15 is 0 Å². The van der Waals surface area contributed by atoms with Gasteiger partial charge in [0.15, 0.2) is 5.13 Å². The van der Waals surface area contributed by atoms with Crippen molar-refractivity contribution >= 4 is 39.7 Å². The van der Waals surface area contributed by atoms with Crippen LogP contribution in [0.5, 0.6) is 0 Å². The Morgan fingerprint density at radius 1 is 1.19 bits per heavy atom. The first kappa shape index (κ1) is 19.2. The molecule has 1 N–H and O–H groups in total. The van der Waals surface area contributed by atoms with E-state index in [1.54, 1.807) is 12.3 Å². The predicted octanol–water partition coefficient (Wildman–Crippen LogP) is 3.86. The summed E-state index contributed by atoms with van der Waals surface area (Å²) in [5.74, 6) is -0.564. The van der Waals surface area contributed by atoms with Gasteiger partial charge in [0.05, 0.1) is 29.4 Å². The molecule has 1 amide bonds. The van der Waals surface area contributed by atoms with Crippen LogP contribution in [0, 0.1) is 6.92 Å². The predicted molar refractivity (Wildman–Crippen MR) is 107 cm³/mol. The van der Waals surface area contributed by atoms with Gasteiger partial charge in [-0.3, -0.25) is 14.9 Å². The van der Waals surface area contributed by atoms with E-state index in [0.29, 0.717) is 34.4 Å². The van der Waals surface area contributed by atoms with Gasteiger partial charge in [-0.2, -0.15) is 0 Å². The molecule has 0 saturated heterocycles. The Hall–Kier alpha value is -2.58. The van der Waals surface area contributed by atoms with Crippen LogP contribution in [0.15, 0.2) is 35.7 Å². The third-order valence-electron chi connectivity index (χ3n) is 3.65. The minimum atomic E-state index is -0.329. The van der Waals surface area contributed by atoms with Gasteiger partial charge in [0.25, 0.3) is 5.91 Å². The Morgan fingerprint density at radius 3 is 2.70 bits per heavy atom. The van der Waals surface area contributed by atoms with Crippen molar-refractivity contribution < 1.29 is 14.3 Å². The van der Waals surface area contributed by atoms with E-state index in [2.05, 4.69) is 15.3 Å². The fourth-order valence-electron chi connectivity index (χ4n) is 2.47. The molecule has 2 aromatic heterocycles. The second-order valence-electron chi connectivity index (χ2n) is 5.76. The fourth-order valence-corrected chi connectivity index (χ4v) is 4.17. The summed E-state index contributed by atoms with van der Waals surface area (Å²) in [5.41, 5.74) is 2.44. The number of aromatic nitrogens is 2. The van der Waals surface area contributed by atoms with Crippen LogP contribution in [0.1, 0.15) is 38.6 Å². The van der Waals surface area contributed by atoms with Gasteiger partial charge in [-0.1, -0.05) is 30.3 Å². The molecule has 0 saturated carbocycles. The highest BCUT2D eigenvalue weighted by atomic mass is 32.1. The first-order chi connectivity index (χ1) is 13.0. The molecule has 0 aliphatic rings. The molecule has 0 fully saturated rings. The number of anilines is 1. The van der Waals surface area contributed by atoms with Gasteiger partial charge in [-0.15, -0.1) is 22.7 Å². The lowest BCUT2D eigenvalue weighted by Gasteiger charge is -2.00. The van der Waals surface area contributed by atoms with Gasteiger partial charge in [-0.05, 0) is 19.4 Å². The normalized spacial score (nSPS) is 10.6. The molecule has 0 spiro atoms. The summed E-state index contributed by atoms with van der Waals surface area (Å²) in [5, 5.41) is 5.88. The summed E-state index contributed by atoms with van der Waals surface area (Å²) >= 11 is 2.67. The summed E-state index contributed by atoms with van der Waals surface area (Å²) in [7, 11) is 0. The van der Waals surface area contributed by atoms with Crippen molar-refractivity contribution in [3.05, 3.63) is 62.5 Å². The van der Waals surface area contributed by atoms with Gasteiger partial charge in [0.2, 0.25) is 0 Å². The van der Waals surface area contributed by atoms with Crippen molar-refractivity contribution in [1.29, 1.82) is 0 Å². The largest absolute Gasteiger partial charge is 0.466 e. The number of carbonyl (C=O) groups excluding carboxylic acids is 2. The average molecular weight is 402 g/mol. The first-order valence-corrected chi connectivity index (χ1v) is 10.2. The number of esters is 1. The smallest absolute Gasteiger partial charge is 0.311 e.